The SMILES string of the molecule is CC(C)n1cc(C(O)Cc2ncnn2C)cn1. The first-order chi connectivity index (χ1) is 8.08. The summed E-state index contributed by atoms with van der Waals surface area (Å²) in [7, 11) is 1.81. The van der Waals surface area contributed by atoms with E-state index < -0.39 is 6.10 Å². The van der Waals surface area contributed by atoms with Crippen molar-refractivity contribution in [2.75, 3.05) is 0 Å². The van der Waals surface area contributed by atoms with Gasteiger partial charge in [0.15, 0.2) is 0 Å². The summed E-state index contributed by atoms with van der Waals surface area (Å²) in [4.78, 5) is 4.09. The quantitative estimate of drug-likeness (QED) is 0.853. The second-order valence-electron chi connectivity index (χ2n) is 4.37. The number of nitrogens with zero attached hydrogens (tertiary/aromatic N) is 5. The van der Waals surface area contributed by atoms with Gasteiger partial charge in [-0.15, -0.1) is 0 Å². The molecule has 2 rings (SSSR count). The number of hydrogen-bond donors (Lipinski definition) is 1. The minimum Gasteiger partial charge on any atom is -0.388 e. The van der Waals surface area contributed by atoms with Crippen LogP contribution >= 0.6 is 0 Å². The molecule has 92 valence electrons. The van der Waals surface area contributed by atoms with E-state index in [1.54, 1.807) is 10.9 Å². The molecular formula is C11H17N5O. The summed E-state index contributed by atoms with van der Waals surface area (Å²) >= 11 is 0. The zero-order valence-corrected chi connectivity index (χ0v) is 10.3. The highest BCUT2D eigenvalue weighted by molar-refractivity contribution is 5.10. The van der Waals surface area contributed by atoms with Gasteiger partial charge in [-0.1, -0.05) is 0 Å². The highest BCUT2D eigenvalue weighted by atomic mass is 16.3. The summed E-state index contributed by atoms with van der Waals surface area (Å²) in [5.41, 5.74) is 0.807. The van der Waals surface area contributed by atoms with Gasteiger partial charge in [0, 0.05) is 31.3 Å². The van der Waals surface area contributed by atoms with Crippen molar-refractivity contribution < 1.29 is 5.11 Å². The van der Waals surface area contributed by atoms with Crippen LogP contribution in [0.25, 0.3) is 0 Å². The van der Waals surface area contributed by atoms with E-state index in [4.69, 9.17) is 0 Å². The van der Waals surface area contributed by atoms with E-state index in [9.17, 15) is 5.11 Å². The highest BCUT2D eigenvalue weighted by Crippen LogP contribution is 2.17. The first kappa shape index (κ1) is 11.8. The van der Waals surface area contributed by atoms with Crippen LogP contribution in [0.5, 0.6) is 0 Å². The van der Waals surface area contributed by atoms with Crippen LogP contribution in [0, 0.1) is 0 Å². The molecule has 6 nitrogen and oxygen atoms in total. The number of aliphatic hydroxyl groups excluding tert-OH is 1. The maximum atomic E-state index is 10.1. The van der Waals surface area contributed by atoms with Crippen LogP contribution in [-0.2, 0) is 13.5 Å². The van der Waals surface area contributed by atoms with Crippen LogP contribution in [0.1, 0.15) is 37.4 Å². The van der Waals surface area contributed by atoms with Gasteiger partial charge in [-0.25, -0.2) is 4.98 Å². The van der Waals surface area contributed by atoms with Gasteiger partial charge in [0.1, 0.15) is 12.2 Å². The Labute approximate surface area is 99.9 Å². The predicted octanol–water partition coefficient (Wildman–Crippen LogP) is 0.869. The monoisotopic (exact) mass is 235 g/mol. The Bertz CT molecular complexity index is 488. The number of aromatic nitrogens is 5. The maximum absolute atomic E-state index is 10.1. The molecule has 0 aromatic carbocycles. The van der Waals surface area contributed by atoms with Gasteiger partial charge in [0.05, 0.1) is 12.3 Å². The van der Waals surface area contributed by atoms with E-state index in [0.29, 0.717) is 12.5 Å². The average molecular weight is 235 g/mol. The fraction of sp³-hybridized carbons (Fsp3) is 0.545. The van der Waals surface area contributed by atoms with Gasteiger partial charge in [0.2, 0.25) is 0 Å². The Kier molecular flexibility index (Phi) is 3.23. The lowest BCUT2D eigenvalue weighted by Gasteiger charge is -2.08. The Morgan fingerprint density at radius 1 is 1.35 bits per heavy atom. The average Bonchev–Trinajstić information content (AvgIpc) is 2.88. The van der Waals surface area contributed by atoms with E-state index in [2.05, 4.69) is 15.2 Å². The Morgan fingerprint density at radius 3 is 2.65 bits per heavy atom. The summed E-state index contributed by atoms with van der Waals surface area (Å²) in [6.07, 6.45) is 4.90. The molecule has 2 heterocycles. The van der Waals surface area contributed by atoms with Gasteiger partial charge >= 0.3 is 0 Å². The Morgan fingerprint density at radius 2 is 2.12 bits per heavy atom. The van der Waals surface area contributed by atoms with Crippen LogP contribution in [0.15, 0.2) is 18.7 Å². The summed E-state index contributed by atoms with van der Waals surface area (Å²) in [6.45, 7) is 4.09. The first-order valence-electron chi connectivity index (χ1n) is 5.63. The second-order valence-corrected chi connectivity index (χ2v) is 4.37. The van der Waals surface area contributed by atoms with Crippen LogP contribution in [0.2, 0.25) is 0 Å². The molecule has 0 spiro atoms. The molecule has 2 aromatic rings. The molecule has 1 atom stereocenters. The van der Waals surface area contributed by atoms with Crippen molar-refractivity contribution in [3.8, 4) is 0 Å². The number of aryl methyl sites for hydroxylation is 1. The predicted molar refractivity (Wildman–Crippen MR) is 62.3 cm³/mol. The van der Waals surface area contributed by atoms with Crippen molar-refractivity contribution in [3.63, 3.8) is 0 Å². The minimum atomic E-state index is -0.592. The zero-order valence-electron chi connectivity index (χ0n) is 10.3. The standard InChI is InChI=1S/C11H17N5O/c1-8(2)16-6-9(5-13-16)10(17)4-11-12-7-14-15(11)3/h5-8,10,17H,4H2,1-3H3. The van der Waals surface area contributed by atoms with Crippen LogP contribution in [0.4, 0.5) is 0 Å². The number of aliphatic hydroxyl groups is 1. The molecule has 0 saturated carbocycles. The summed E-state index contributed by atoms with van der Waals surface area (Å²) in [5, 5.41) is 18.3. The largest absolute Gasteiger partial charge is 0.388 e. The zero-order chi connectivity index (χ0) is 12.4. The molecule has 0 saturated heterocycles. The molecule has 0 aliphatic rings. The van der Waals surface area contributed by atoms with E-state index in [0.717, 1.165) is 11.4 Å². The fourth-order valence-electron chi connectivity index (χ4n) is 1.60. The second kappa shape index (κ2) is 4.67. The van der Waals surface area contributed by atoms with E-state index in [-0.39, 0.29) is 0 Å². The van der Waals surface area contributed by atoms with Crippen LogP contribution < -0.4 is 0 Å². The molecule has 2 aromatic heterocycles. The molecule has 0 amide bonds. The molecule has 0 fully saturated rings. The minimum absolute atomic E-state index is 0.297. The molecule has 0 aliphatic carbocycles. The Balaban J connectivity index is 2.09. The topological polar surface area (TPSA) is 68.8 Å². The van der Waals surface area contributed by atoms with Gasteiger partial charge in [0.25, 0.3) is 0 Å². The van der Waals surface area contributed by atoms with E-state index in [1.165, 1.54) is 6.33 Å². The molecule has 0 radical (unpaired) electrons. The molecule has 6 heteroatoms. The number of hydrogen-bond acceptors (Lipinski definition) is 4. The third kappa shape index (κ3) is 2.52. The smallest absolute Gasteiger partial charge is 0.138 e. The molecular weight excluding hydrogens is 218 g/mol. The van der Waals surface area contributed by atoms with Gasteiger partial charge < -0.3 is 5.11 Å². The van der Waals surface area contributed by atoms with Gasteiger partial charge in [-0.05, 0) is 13.8 Å². The third-order valence-electron chi connectivity index (χ3n) is 2.72. The summed E-state index contributed by atoms with van der Waals surface area (Å²) in [5.74, 6) is 0.759. The fourth-order valence-corrected chi connectivity index (χ4v) is 1.60. The lowest BCUT2D eigenvalue weighted by Crippen LogP contribution is -2.07. The van der Waals surface area contributed by atoms with Crippen molar-refractivity contribution in [1.29, 1.82) is 0 Å². The lowest BCUT2D eigenvalue weighted by atomic mass is 10.1. The summed E-state index contributed by atoms with van der Waals surface area (Å²) < 4.78 is 3.49. The van der Waals surface area contributed by atoms with E-state index in [1.807, 2.05) is 31.8 Å². The lowest BCUT2D eigenvalue weighted by molar-refractivity contribution is 0.174. The maximum Gasteiger partial charge on any atom is 0.138 e. The van der Waals surface area contributed by atoms with Crippen molar-refractivity contribution in [2.45, 2.75) is 32.4 Å². The number of rotatable bonds is 4. The highest BCUT2D eigenvalue weighted by Gasteiger charge is 2.14. The normalized spacial score (nSPS) is 13.2. The van der Waals surface area contributed by atoms with Crippen molar-refractivity contribution in [3.05, 3.63) is 30.1 Å². The van der Waals surface area contributed by atoms with E-state index >= 15 is 0 Å². The van der Waals surface area contributed by atoms with Crippen LogP contribution in [0.3, 0.4) is 0 Å². The molecule has 1 unspecified atom stereocenters. The van der Waals surface area contributed by atoms with Crippen molar-refractivity contribution in [1.82, 2.24) is 24.5 Å². The molecule has 17 heavy (non-hydrogen) atoms. The van der Waals surface area contributed by atoms with Crippen LogP contribution in [-0.4, -0.2) is 29.7 Å². The first-order valence-corrected chi connectivity index (χ1v) is 5.63. The van der Waals surface area contributed by atoms with Crippen molar-refractivity contribution in [2.24, 2.45) is 7.05 Å². The molecule has 1 N–H and O–H groups in total. The third-order valence-corrected chi connectivity index (χ3v) is 2.72. The molecule has 0 bridgehead atoms. The van der Waals surface area contributed by atoms with Crippen molar-refractivity contribution >= 4 is 0 Å². The van der Waals surface area contributed by atoms with Gasteiger partial charge in [-0.3, -0.25) is 9.36 Å². The van der Waals surface area contributed by atoms with Gasteiger partial charge in [-0.2, -0.15) is 10.2 Å². The molecule has 0 aliphatic heterocycles. The summed E-state index contributed by atoms with van der Waals surface area (Å²) in [6, 6.07) is 0.297. The Hall–Kier alpha value is -1.69.